The van der Waals surface area contributed by atoms with Gasteiger partial charge in [0.05, 0.1) is 23.9 Å². The third-order valence-corrected chi connectivity index (χ3v) is 8.28. The fourth-order valence-corrected chi connectivity index (χ4v) is 6.34. The maximum atomic E-state index is 13.2. The number of rotatable bonds is 10. The Hall–Kier alpha value is -1.67. The predicted octanol–water partition coefficient (Wildman–Crippen LogP) is 2.99. The maximum Gasteiger partial charge on any atom is 0.160 e. The van der Waals surface area contributed by atoms with E-state index in [1.807, 2.05) is 0 Å². The molecule has 2 heterocycles. The first-order chi connectivity index (χ1) is 16.0. The van der Waals surface area contributed by atoms with Crippen LogP contribution >= 0.6 is 24.4 Å². The molecule has 0 spiro atoms. The molecule has 5 nitrogen and oxygen atoms in total. The van der Waals surface area contributed by atoms with E-state index in [-0.39, 0.29) is 11.6 Å². The molecule has 3 aliphatic rings. The summed E-state index contributed by atoms with van der Waals surface area (Å²) in [7, 11) is 0. The Morgan fingerprint density at radius 3 is 2.48 bits per heavy atom. The van der Waals surface area contributed by atoms with Crippen LogP contribution in [0.1, 0.15) is 49.7 Å². The molecule has 1 aromatic carbocycles. The quantitative estimate of drug-likeness (QED) is 0.300. The third kappa shape index (κ3) is 5.53. The van der Waals surface area contributed by atoms with Crippen molar-refractivity contribution in [1.29, 1.82) is 0 Å². The van der Waals surface area contributed by atoms with Crippen LogP contribution < -0.4 is 10.6 Å². The molecular formula is C26H32N2O3S2. The number of carbonyl (C=O) groups is 3. The van der Waals surface area contributed by atoms with Gasteiger partial charge in [0.15, 0.2) is 5.78 Å². The molecule has 2 saturated heterocycles. The number of carbonyl (C=O) groups excluding carboxylic acids is 3. The molecule has 176 valence electrons. The van der Waals surface area contributed by atoms with Gasteiger partial charge in [-0.2, -0.15) is 0 Å². The Morgan fingerprint density at radius 1 is 0.970 bits per heavy atom. The summed E-state index contributed by atoms with van der Waals surface area (Å²) in [4.78, 5) is 38.7. The lowest BCUT2D eigenvalue weighted by Gasteiger charge is -2.24. The average molecular weight is 485 g/mol. The molecule has 1 aromatic rings. The van der Waals surface area contributed by atoms with Gasteiger partial charge < -0.3 is 15.4 Å². The highest BCUT2D eigenvalue weighted by Gasteiger charge is 2.47. The average Bonchev–Trinajstić information content (AvgIpc) is 3.40. The van der Waals surface area contributed by atoms with E-state index in [2.05, 4.69) is 34.9 Å². The van der Waals surface area contributed by atoms with Gasteiger partial charge in [-0.15, -0.1) is 0 Å². The lowest BCUT2D eigenvalue weighted by molar-refractivity contribution is -0.129. The second-order valence-electron chi connectivity index (χ2n) is 9.63. The number of aryl methyl sites for hydroxylation is 1. The molecule has 0 saturated carbocycles. The minimum absolute atomic E-state index is 0.0365. The second kappa shape index (κ2) is 11.2. The standard InChI is InChI=1S/C26H32N2O3S2/c29-15-19-23(21(32)13-27-19)26(31)25-24(22(33)14-28-25)20(30)9-3-1-2-6-16-10-11-17-7-4-5-8-18(17)12-16/h4-5,7-8,15-16,19,23-25,27-28H,1-3,6,9-14H2/t16-,19-,23?,24?,25+/m1/s1. The van der Waals surface area contributed by atoms with Gasteiger partial charge in [0, 0.05) is 29.2 Å². The highest BCUT2D eigenvalue weighted by molar-refractivity contribution is 7.80. The van der Waals surface area contributed by atoms with Crippen LogP contribution in [0.25, 0.3) is 0 Å². The summed E-state index contributed by atoms with van der Waals surface area (Å²) < 4.78 is 0. The van der Waals surface area contributed by atoms with Crippen molar-refractivity contribution in [2.45, 2.75) is 63.5 Å². The van der Waals surface area contributed by atoms with Gasteiger partial charge in [-0.05, 0) is 42.7 Å². The van der Waals surface area contributed by atoms with Crippen LogP contribution in [0.5, 0.6) is 0 Å². The first-order valence-electron chi connectivity index (χ1n) is 12.1. The van der Waals surface area contributed by atoms with E-state index >= 15 is 0 Å². The summed E-state index contributed by atoms with van der Waals surface area (Å²) in [5.74, 6) is -0.656. The minimum Gasteiger partial charge on any atom is -0.302 e. The van der Waals surface area contributed by atoms with Crippen molar-refractivity contribution >= 4 is 52.0 Å². The van der Waals surface area contributed by atoms with E-state index in [1.54, 1.807) is 0 Å². The van der Waals surface area contributed by atoms with E-state index in [4.69, 9.17) is 24.4 Å². The van der Waals surface area contributed by atoms with Crippen LogP contribution in [0.4, 0.5) is 0 Å². The van der Waals surface area contributed by atoms with Gasteiger partial charge in [0.1, 0.15) is 12.1 Å². The second-order valence-corrected chi connectivity index (χ2v) is 10.7. The van der Waals surface area contributed by atoms with Gasteiger partial charge in [-0.25, -0.2) is 0 Å². The number of ketones is 2. The fourth-order valence-electron chi connectivity index (χ4n) is 5.64. The van der Waals surface area contributed by atoms with Crippen molar-refractivity contribution in [3.8, 4) is 0 Å². The number of aldehydes is 1. The van der Waals surface area contributed by atoms with Crippen LogP contribution in [0, 0.1) is 17.8 Å². The summed E-state index contributed by atoms with van der Waals surface area (Å²) in [6.07, 6.45) is 8.92. The fraction of sp³-hybridized carbons (Fsp3) is 0.577. The van der Waals surface area contributed by atoms with Gasteiger partial charge >= 0.3 is 0 Å². The zero-order valence-electron chi connectivity index (χ0n) is 18.9. The molecule has 33 heavy (non-hydrogen) atoms. The molecule has 2 aliphatic heterocycles. The maximum absolute atomic E-state index is 13.2. The Balaban J connectivity index is 1.24. The number of hydrogen-bond donors (Lipinski definition) is 2. The molecular weight excluding hydrogens is 452 g/mol. The summed E-state index contributed by atoms with van der Waals surface area (Å²) in [6, 6.07) is 7.47. The van der Waals surface area contributed by atoms with E-state index in [0.29, 0.717) is 29.2 Å². The Bertz CT molecular complexity index is 947. The van der Waals surface area contributed by atoms with Gasteiger partial charge in [0.2, 0.25) is 0 Å². The van der Waals surface area contributed by atoms with E-state index in [9.17, 15) is 14.4 Å². The molecule has 2 fully saturated rings. The lowest BCUT2D eigenvalue weighted by atomic mass is 9.81. The van der Waals surface area contributed by atoms with E-state index in [1.165, 1.54) is 36.8 Å². The number of benzene rings is 1. The number of nitrogens with one attached hydrogen (secondary N) is 2. The predicted molar refractivity (Wildman–Crippen MR) is 137 cm³/mol. The van der Waals surface area contributed by atoms with Crippen LogP contribution in [-0.4, -0.2) is 52.8 Å². The van der Waals surface area contributed by atoms with Gasteiger partial charge in [-0.1, -0.05) is 68.0 Å². The monoisotopic (exact) mass is 484 g/mol. The van der Waals surface area contributed by atoms with Crippen LogP contribution in [0.2, 0.25) is 0 Å². The van der Waals surface area contributed by atoms with Crippen molar-refractivity contribution in [2.24, 2.45) is 17.8 Å². The molecule has 2 N–H and O–H groups in total. The Kier molecular flexibility index (Phi) is 8.28. The number of hydrogen-bond acceptors (Lipinski definition) is 7. The normalized spacial score (nSPS) is 29.2. The molecule has 1 aliphatic carbocycles. The summed E-state index contributed by atoms with van der Waals surface area (Å²) in [5, 5.41) is 6.09. The number of thiocarbonyl (C=S) groups is 2. The molecule has 0 aromatic heterocycles. The minimum atomic E-state index is -0.669. The number of unbranched alkanes of at least 4 members (excludes halogenated alkanes) is 2. The largest absolute Gasteiger partial charge is 0.302 e. The number of Topliss-reactive ketones (excluding diaryl/α,β-unsaturated/α-hetero) is 2. The zero-order chi connectivity index (χ0) is 23.4. The molecule has 4 rings (SSSR count). The van der Waals surface area contributed by atoms with Crippen molar-refractivity contribution in [1.82, 2.24) is 10.6 Å². The molecule has 5 atom stereocenters. The first-order valence-corrected chi connectivity index (χ1v) is 12.9. The van der Waals surface area contributed by atoms with Gasteiger partial charge in [0.25, 0.3) is 0 Å². The topological polar surface area (TPSA) is 75.3 Å². The van der Waals surface area contributed by atoms with E-state index < -0.39 is 23.9 Å². The van der Waals surface area contributed by atoms with Gasteiger partial charge in [-0.3, -0.25) is 9.59 Å². The highest BCUT2D eigenvalue weighted by atomic mass is 32.1. The lowest BCUT2D eigenvalue weighted by Crippen LogP contribution is -2.47. The smallest absolute Gasteiger partial charge is 0.160 e. The van der Waals surface area contributed by atoms with Crippen molar-refractivity contribution < 1.29 is 14.4 Å². The molecule has 0 bridgehead atoms. The van der Waals surface area contributed by atoms with Crippen LogP contribution in [0.3, 0.4) is 0 Å². The Morgan fingerprint density at radius 2 is 1.70 bits per heavy atom. The van der Waals surface area contributed by atoms with Crippen molar-refractivity contribution in [3.05, 3.63) is 35.4 Å². The van der Waals surface area contributed by atoms with Crippen LogP contribution in [-0.2, 0) is 27.2 Å². The summed E-state index contributed by atoms with van der Waals surface area (Å²) in [5.41, 5.74) is 2.99. The zero-order valence-corrected chi connectivity index (χ0v) is 20.5. The molecule has 0 amide bonds. The highest BCUT2D eigenvalue weighted by Crippen LogP contribution is 2.29. The SMILES string of the molecule is O=C[C@H]1NCC(=S)C1C(=O)[C@H]1NCC(=S)C1C(=O)CCCCC[C@@H]1CCc2ccccc2C1. The molecule has 7 heteroatoms. The summed E-state index contributed by atoms with van der Waals surface area (Å²) in [6.45, 7) is 0.751. The molecule has 0 radical (unpaired) electrons. The number of fused-ring (bicyclic) bond motifs is 1. The van der Waals surface area contributed by atoms with Crippen LogP contribution in [0.15, 0.2) is 24.3 Å². The summed E-state index contributed by atoms with van der Waals surface area (Å²) >= 11 is 10.8. The Labute approximate surface area is 206 Å². The molecule has 2 unspecified atom stereocenters. The van der Waals surface area contributed by atoms with E-state index in [0.717, 1.165) is 31.5 Å². The third-order valence-electron chi connectivity index (χ3n) is 7.49. The van der Waals surface area contributed by atoms with Crippen molar-refractivity contribution in [2.75, 3.05) is 13.1 Å². The first kappa shape index (κ1) is 24.5. The van der Waals surface area contributed by atoms with Crippen molar-refractivity contribution in [3.63, 3.8) is 0 Å².